The molecular formula is C24H41N3O3Si2. The first-order valence-electron chi connectivity index (χ1n) is 11.2. The standard InChI is InChI=1S/C24H41N3O3Si2/c1-23(2,3)31(7,8)29-17-20(30-32(9,10)24(4,5)6)18-11-13-19(14-12-18)27-16-15-21(25)26-22(27)28/h11-16,20H,17H2,1-10H3,(H2,25,26,28)/t20-/m1/s1. The maximum Gasteiger partial charge on any atom is 0.354 e. The minimum absolute atomic E-state index is 0.0884. The maximum atomic E-state index is 12.2. The molecule has 6 nitrogen and oxygen atoms in total. The van der Waals surface area contributed by atoms with Crippen molar-refractivity contribution in [3.8, 4) is 5.69 Å². The highest BCUT2D eigenvalue weighted by atomic mass is 28.4. The van der Waals surface area contributed by atoms with Gasteiger partial charge in [0.2, 0.25) is 0 Å². The molecule has 2 N–H and O–H groups in total. The lowest BCUT2D eigenvalue weighted by molar-refractivity contribution is 0.108. The Morgan fingerprint density at radius 3 is 1.94 bits per heavy atom. The van der Waals surface area contributed by atoms with Crippen LogP contribution in [0, 0.1) is 0 Å². The molecule has 2 rings (SSSR count). The molecule has 0 saturated carbocycles. The average molecular weight is 476 g/mol. The van der Waals surface area contributed by atoms with Crippen LogP contribution in [0.5, 0.6) is 0 Å². The Hall–Kier alpha value is -1.75. The molecule has 1 aromatic heterocycles. The first-order chi connectivity index (χ1) is 14.4. The number of nitrogens with two attached hydrogens (primary N) is 1. The monoisotopic (exact) mass is 475 g/mol. The van der Waals surface area contributed by atoms with Crippen molar-refractivity contribution >= 4 is 22.5 Å². The summed E-state index contributed by atoms with van der Waals surface area (Å²) < 4.78 is 14.9. The highest BCUT2D eigenvalue weighted by molar-refractivity contribution is 6.74. The van der Waals surface area contributed by atoms with Crippen molar-refractivity contribution in [2.45, 2.75) is 83.9 Å². The van der Waals surface area contributed by atoms with Gasteiger partial charge >= 0.3 is 5.69 Å². The summed E-state index contributed by atoms with van der Waals surface area (Å²) in [6.45, 7) is 23.0. The molecule has 0 unspecified atom stereocenters. The molecule has 178 valence electrons. The third-order valence-corrected chi connectivity index (χ3v) is 16.0. The summed E-state index contributed by atoms with van der Waals surface area (Å²) in [6.07, 6.45) is 1.48. The average Bonchev–Trinajstić information content (AvgIpc) is 2.63. The van der Waals surface area contributed by atoms with Crippen LogP contribution in [0.4, 0.5) is 5.82 Å². The Balaban J connectivity index is 2.37. The number of nitrogen functional groups attached to an aromatic ring is 1. The Labute approximate surface area is 195 Å². The van der Waals surface area contributed by atoms with Crippen molar-refractivity contribution in [1.29, 1.82) is 0 Å². The predicted molar refractivity (Wildman–Crippen MR) is 138 cm³/mol. The molecule has 0 aliphatic rings. The summed E-state index contributed by atoms with van der Waals surface area (Å²) in [6, 6.07) is 9.49. The van der Waals surface area contributed by atoms with E-state index in [9.17, 15) is 4.79 Å². The van der Waals surface area contributed by atoms with Gasteiger partial charge in [-0.3, -0.25) is 4.57 Å². The van der Waals surface area contributed by atoms with E-state index in [-0.39, 0.29) is 22.0 Å². The van der Waals surface area contributed by atoms with Crippen LogP contribution in [-0.4, -0.2) is 32.8 Å². The van der Waals surface area contributed by atoms with Gasteiger partial charge in [0.1, 0.15) is 5.82 Å². The summed E-state index contributed by atoms with van der Waals surface area (Å²) in [7, 11) is -3.96. The van der Waals surface area contributed by atoms with Crippen molar-refractivity contribution in [3.05, 3.63) is 52.6 Å². The summed E-state index contributed by atoms with van der Waals surface area (Å²) in [5.74, 6) is 0.216. The molecule has 1 heterocycles. The first kappa shape index (κ1) is 26.5. The largest absolute Gasteiger partial charge is 0.414 e. The van der Waals surface area contributed by atoms with E-state index in [1.807, 2.05) is 24.3 Å². The van der Waals surface area contributed by atoms with Crippen molar-refractivity contribution < 1.29 is 8.85 Å². The third kappa shape index (κ3) is 6.18. The van der Waals surface area contributed by atoms with E-state index in [0.29, 0.717) is 6.61 Å². The Kier molecular flexibility index (Phi) is 7.66. The molecule has 0 saturated heterocycles. The normalized spacial score (nSPS) is 14.4. The van der Waals surface area contributed by atoms with E-state index >= 15 is 0 Å². The number of nitrogens with zero attached hydrogens (tertiary/aromatic N) is 2. The predicted octanol–water partition coefficient (Wildman–Crippen LogP) is 5.90. The number of aromatic nitrogens is 2. The van der Waals surface area contributed by atoms with Crippen LogP contribution >= 0.6 is 0 Å². The second kappa shape index (κ2) is 9.25. The Morgan fingerprint density at radius 2 is 1.47 bits per heavy atom. The van der Waals surface area contributed by atoms with E-state index in [1.165, 1.54) is 4.57 Å². The second-order valence-corrected chi connectivity index (χ2v) is 21.1. The van der Waals surface area contributed by atoms with Gasteiger partial charge in [0, 0.05) is 6.20 Å². The first-order valence-corrected chi connectivity index (χ1v) is 17.0. The molecular weight excluding hydrogens is 434 g/mol. The third-order valence-electron chi connectivity index (χ3n) is 7.01. The summed E-state index contributed by atoms with van der Waals surface area (Å²) in [5.41, 5.74) is 7.01. The Bertz CT molecular complexity index is 972. The van der Waals surface area contributed by atoms with E-state index in [1.54, 1.807) is 12.3 Å². The van der Waals surface area contributed by atoms with Crippen LogP contribution in [0.3, 0.4) is 0 Å². The van der Waals surface area contributed by atoms with Crippen LogP contribution in [0.2, 0.25) is 36.3 Å². The number of hydrogen-bond acceptors (Lipinski definition) is 5. The molecule has 0 aliphatic carbocycles. The fourth-order valence-electron chi connectivity index (χ4n) is 2.69. The van der Waals surface area contributed by atoms with Crippen molar-refractivity contribution in [3.63, 3.8) is 0 Å². The van der Waals surface area contributed by atoms with Gasteiger partial charge in [0.05, 0.1) is 18.4 Å². The molecule has 0 radical (unpaired) electrons. The molecule has 1 atom stereocenters. The quantitative estimate of drug-likeness (QED) is 0.504. The fraction of sp³-hybridized carbons (Fsp3) is 0.583. The van der Waals surface area contributed by atoms with E-state index in [4.69, 9.17) is 14.6 Å². The van der Waals surface area contributed by atoms with Crippen LogP contribution in [-0.2, 0) is 8.85 Å². The highest BCUT2D eigenvalue weighted by Gasteiger charge is 2.41. The molecule has 0 spiro atoms. The zero-order valence-corrected chi connectivity index (χ0v) is 23.4. The molecule has 0 amide bonds. The molecule has 0 fully saturated rings. The smallest absolute Gasteiger partial charge is 0.354 e. The number of anilines is 1. The summed E-state index contributed by atoms with van der Waals surface area (Å²) in [5, 5.41) is 0.215. The molecule has 2 aromatic rings. The Morgan fingerprint density at radius 1 is 0.938 bits per heavy atom. The van der Waals surface area contributed by atoms with E-state index in [2.05, 4.69) is 72.7 Å². The van der Waals surface area contributed by atoms with Gasteiger partial charge in [-0.2, -0.15) is 4.98 Å². The van der Waals surface area contributed by atoms with Gasteiger partial charge in [0.15, 0.2) is 16.6 Å². The van der Waals surface area contributed by atoms with Gasteiger partial charge in [-0.15, -0.1) is 0 Å². The summed E-state index contributed by atoms with van der Waals surface area (Å²) >= 11 is 0. The molecule has 8 heteroatoms. The van der Waals surface area contributed by atoms with Crippen LogP contribution < -0.4 is 11.4 Å². The second-order valence-electron chi connectivity index (χ2n) is 11.5. The van der Waals surface area contributed by atoms with Crippen molar-refractivity contribution in [2.75, 3.05) is 12.3 Å². The fourth-order valence-corrected chi connectivity index (χ4v) is 4.96. The van der Waals surface area contributed by atoms with Gasteiger partial charge in [-0.05, 0) is 60.0 Å². The van der Waals surface area contributed by atoms with Gasteiger partial charge < -0.3 is 14.6 Å². The van der Waals surface area contributed by atoms with Gasteiger partial charge in [0.25, 0.3) is 0 Å². The lowest BCUT2D eigenvalue weighted by Crippen LogP contribution is -2.45. The summed E-state index contributed by atoms with van der Waals surface area (Å²) in [4.78, 5) is 16.0. The topological polar surface area (TPSA) is 79.4 Å². The van der Waals surface area contributed by atoms with Gasteiger partial charge in [-0.1, -0.05) is 53.7 Å². The number of hydrogen-bond donors (Lipinski definition) is 1. The van der Waals surface area contributed by atoms with Gasteiger partial charge in [-0.25, -0.2) is 4.79 Å². The van der Waals surface area contributed by atoms with Crippen LogP contribution in [0.15, 0.2) is 41.3 Å². The minimum atomic E-state index is -2.03. The van der Waals surface area contributed by atoms with Crippen LogP contribution in [0.1, 0.15) is 53.2 Å². The maximum absolute atomic E-state index is 12.2. The zero-order valence-electron chi connectivity index (χ0n) is 21.4. The molecule has 32 heavy (non-hydrogen) atoms. The number of benzene rings is 1. The lowest BCUT2D eigenvalue weighted by atomic mass is 10.1. The molecule has 0 bridgehead atoms. The van der Waals surface area contributed by atoms with Crippen molar-refractivity contribution in [2.24, 2.45) is 0 Å². The minimum Gasteiger partial charge on any atom is -0.414 e. The molecule has 1 aromatic carbocycles. The SMILES string of the molecule is CC(C)(C)[Si](C)(C)OC[C@@H](O[Si](C)(C)C(C)(C)C)c1ccc(-n2ccc(N)nc2=O)cc1. The lowest BCUT2D eigenvalue weighted by Gasteiger charge is -2.41. The van der Waals surface area contributed by atoms with E-state index < -0.39 is 22.3 Å². The zero-order chi connectivity index (χ0) is 24.5. The molecule has 0 aliphatic heterocycles. The highest BCUT2D eigenvalue weighted by Crippen LogP contribution is 2.41. The van der Waals surface area contributed by atoms with Crippen molar-refractivity contribution in [1.82, 2.24) is 9.55 Å². The number of rotatable bonds is 7. The van der Waals surface area contributed by atoms with E-state index in [0.717, 1.165) is 11.3 Å². The van der Waals surface area contributed by atoms with Crippen LogP contribution in [0.25, 0.3) is 5.69 Å².